The molecule has 0 amide bonds. The average Bonchev–Trinajstić information content (AvgIpc) is 2.14. The molecule has 0 aliphatic carbocycles. The van der Waals surface area contributed by atoms with E-state index in [2.05, 4.69) is 0 Å². The van der Waals surface area contributed by atoms with Crippen LogP contribution in [0.2, 0.25) is 10.0 Å². The Kier molecular flexibility index (Phi) is 5.40. The average molecular weight is 300 g/mol. The summed E-state index contributed by atoms with van der Waals surface area (Å²) in [5.74, 6) is 0.966. The van der Waals surface area contributed by atoms with E-state index >= 15 is 0 Å². The maximum Gasteiger partial charge on any atom is 0.209 e. The van der Waals surface area contributed by atoms with E-state index in [1.807, 2.05) is 0 Å². The summed E-state index contributed by atoms with van der Waals surface area (Å²) in [4.78, 5) is 0. The van der Waals surface area contributed by atoms with Crippen molar-refractivity contribution >= 4 is 45.0 Å². The molecule has 7 heteroatoms. The summed E-state index contributed by atoms with van der Waals surface area (Å²) >= 11 is 13.3. The van der Waals surface area contributed by atoms with Crippen molar-refractivity contribution in [3.63, 3.8) is 0 Å². The minimum absolute atomic E-state index is 0.0419. The van der Waals surface area contributed by atoms with Crippen molar-refractivity contribution in [2.24, 2.45) is 5.14 Å². The summed E-state index contributed by atoms with van der Waals surface area (Å²) in [6.45, 7) is 0. The van der Waals surface area contributed by atoms with E-state index in [9.17, 15) is 8.42 Å². The maximum absolute atomic E-state index is 10.7. The fourth-order valence-electron chi connectivity index (χ4n) is 1.02. The van der Waals surface area contributed by atoms with Crippen molar-refractivity contribution < 1.29 is 8.42 Å². The number of rotatable bonds is 5. The number of thioether (sulfide) groups is 1. The van der Waals surface area contributed by atoms with Gasteiger partial charge in [-0.15, -0.1) is 0 Å². The number of primary sulfonamides is 1. The third-order valence-electron chi connectivity index (χ3n) is 1.82. The molecule has 0 saturated heterocycles. The first-order chi connectivity index (χ1) is 7.40. The number of hydrogen-bond donors (Lipinski definition) is 1. The smallest absolute Gasteiger partial charge is 0.209 e. The normalized spacial score (nSPS) is 11.7. The van der Waals surface area contributed by atoms with Crippen LogP contribution in [0.1, 0.15) is 5.56 Å². The fourth-order valence-corrected chi connectivity index (χ4v) is 3.77. The van der Waals surface area contributed by atoms with Crippen LogP contribution < -0.4 is 5.14 Å². The van der Waals surface area contributed by atoms with Crippen LogP contribution in [0.3, 0.4) is 0 Å². The van der Waals surface area contributed by atoms with Crippen LogP contribution in [0, 0.1) is 0 Å². The Bertz CT molecular complexity index is 442. The molecule has 0 saturated carbocycles. The fraction of sp³-hybridized carbons (Fsp3) is 0.333. The molecule has 0 spiro atoms. The highest BCUT2D eigenvalue weighted by Crippen LogP contribution is 2.28. The summed E-state index contributed by atoms with van der Waals surface area (Å²) in [6, 6.07) is 5.27. The Hall–Kier alpha value is 0.0600. The predicted octanol–water partition coefficient (Wildman–Crippen LogP) is 2.52. The molecule has 1 aromatic rings. The molecule has 0 aromatic heterocycles. The molecule has 2 N–H and O–H groups in total. The Morgan fingerprint density at radius 1 is 1.25 bits per heavy atom. The van der Waals surface area contributed by atoms with Gasteiger partial charge in [0.1, 0.15) is 0 Å². The van der Waals surface area contributed by atoms with E-state index in [4.69, 9.17) is 28.3 Å². The Morgan fingerprint density at radius 3 is 2.31 bits per heavy atom. The molecule has 1 aromatic carbocycles. The molecule has 0 heterocycles. The Labute approximate surface area is 109 Å². The minimum atomic E-state index is -3.39. The van der Waals surface area contributed by atoms with Crippen molar-refractivity contribution in [1.29, 1.82) is 0 Å². The molecule has 0 radical (unpaired) electrons. The van der Waals surface area contributed by atoms with E-state index in [0.717, 1.165) is 5.56 Å². The number of sulfonamides is 1. The van der Waals surface area contributed by atoms with Gasteiger partial charge in [0.2, 0.25) is 10.0 Å². The number of halogens is 2. The summed E-state index contributed by atoms with van der Waals surface area (Å²) < 4.78 is 21.4. The van der Waals surface area contributed by atoms with Crippen LogP contribution in [-0.2, 0) is 15.8 Å². The van der Waals surface area contributed by atoms with Gasteiger partial charge in [-0.3, -0.25) is 0 Å². The van der Waals surface area contributed by atoms with Crippen LogP contribution >= 0.6 is 35.0 Å². The van der Waals surface area contributed by atoms with Gasteiger partial charge < -0.3 is 0 Å². The molecule has 90 valence electrons. The molecular weight excluding hydrogens is 289 g/mol. The van der Waals surface area contributed by atoms with Crippen LogP contribution in [0.15, 0.2) is 18.2 Å². The molecule has 0 aliphatic rings. The van der Waals surface area contributed by atoms with Crippen molar-refractivity contribution in [3.8, 4) is 0 Å². The van der Waals surface area contributed by atoms with Crippen LogP contribution in [-0.4, -0.2) is 19.9 Å². The highest BCUT2D eigenvalue weighted by atomic mass is 35.5. The van der Waals surface area contributed by atoms with Crippen LogP contribution in [0.4, 0.5) is 0 Å². The monoisotopic (exact) mass is 299 g/mol. The lowest BCUT2D eigenvalue weighted by Crippen LogP contribution is -2.17. The van der Waals surface area contributed by atoms with E-state index in [-0.39, 0.29) is 5.75 Å². The second-order valence-corrected chi connectivity index (χ2v) is 6.77. The van der Waals surface area contributed by atoms with Gasteiger partial charge in [-0.25, -0.2) is 13.6 Å². The molecule has 0 bridgehead atoms. The third-order valence-corrected chi connectivity index (χ3v) is 4.55. The van der Waals surface area contributed by atoms with E-state index in [0.29, 0.717) is 21.6 Å². The van der Waals surface area contributed by atoms with Crippen molar-refractivity contribution in [1.82, 2.24) is 0 Å². The molecule has 1 rings (SSSR count). The van der Waals surface area contributed by atoms with Crippen molar-refractivity contribution in [2.75, 3.05) is 11.5 Å². The quantitative estimate of drug-likeness (QED) is 0.850. The zero-order chi connectivity index (χ0) is 12.2. The highest BCUT2D eigenvalue weighted by Gasteiger charge is 2.07. The van der Waals surface area contributed by atoms with Gasteiger partial charge in [-0.2, -0.15) is 11.8 Å². The number of hydrogen-bond acceptors (Lipinski definition) is 3. The number of nitrogens with two attached hydrogens (primary N) is 1. The molecule has 0 unspecified atom stereocenters. The van der Waals surface area contributed by atoms with Gasteiger partial charge in [0.05, 0.1) is 5.75 Å². The first-order valence-electron chi connectivity index (χ1n) is 4.41. The topological polar surface area (TPSA) is 60.2 Å². The lowest BCUT2D eigenvalue weighted by molar-refractivity contribution is 0.599. The van der Waals surface area contributed by atoms with Gasteiger partial charge in [0.15, 0.2) is 0 Å². The summed E-state index contributed by atoms with van der Waals surface area (Å²) in [6.07, 6.45) is 0. The third kappa shape index (κ3) is 4.93. The Morgan fingerprint density at radius 2 is 1.81 bits per heavy atom. The van der Waals surface area contributed by atoms with E-state index < -0.39 is 10.0 Å². The van der Waals surface area contributed by atoms with Gasteiger partial charge in [-0.05, 0) is 17.7 Å². The van der Waals surface area contributed by atoms with Crippen molar-refractivity contribution in [3.05, 3.63) is 33.8 Å². The molecule has 0 atom stereocenters. The SMILES string of the molecule is NS(=O)(=O)CCSCc1c(Cl)cccc1Cl. The molecule has 0 fully saturated rings. The lowest BCUT2D eigenvalue weighted by atomic mass is 10.2. The summed E-state index contributed by atoms with van der Waals surface area (Å²) in [7, 11) is -3.39. The van der Waals surface area contributed by atoms with E-state index in [1.165, 1.54) is 11.8 Å². The van der Waals surface area contributed by atoms with Crippen molar-refractivity contribution in [2.45, 2.75) is 5.75 Å². The second kappa shape index (κ2) is 6.12. The second-order valence-electron chi connectivity index (χ2n) is 3.12. The van der Waals surface area contributed by atoms with Crippen LogP contribution in [0.25, 0.3) is 0 Å². The van der Waals surface area contributed by atoms with Gasteiger partial charge in [0, 0.05) is 21.6 Å². The largest absolute Gasteiger partial charge is 0.229 e. The maximum atomic E-state index is 10.7. The van der Waals surface area contributed by atoms with Gasteiger partial charge in [-0.1, -0.05) is 29.3 Å². The summed E-state index contributed by atoms with van der Waals surface area (Å²) in [5.41, 5.74) is 0.824. The Balaban J connectivity index is 2.49. The highest BCUT2D eigenvalue weighted by molar-refractivity contribution is 7.99. The van der Waals surface area contributed by atoms with Gasteiger partial charge >= 0.3 is 0 Å². The van der Waals surface area contributed by atoms with Gasteiger partial charge in [0.25, 0.3) is 0 Å². The zero-order valence-corrected chi connectivity index (χ0v) is 11.5. The molecule has 16 heavy (non-hydrogen) atoms. The first-order valence-corrected chi connectivity index (χ1v) is 8.04. The zero-order valence-electron chi connectivity index (χ0n) is 8.32. The summed E-state index contributed by atoms with van der Waals surface area (Å²) in [5, 5.41) is 6.07. The standard InChI is InChI=1S/C9H11Cl2NO2S2/c10-8-2-1-3-9(11)7(8)6-15-4-5-16(12,13)14/h1-3H,4-6H2,(H2,12,13,14). The first kappa shape index (κ1) is 14.1. The lowest BCUT2D eigenvalue weighted by Gasteiger charge is -2.05. The minimum Gasteiger partial charge on any atom is -0.229 e. The van der Waals surface area contributed by atoms with Crippen LogP contribution in [0.5, 0.6) is 0 Å². The molecule has 3 nitrogen and oxygen atoms in total. The number of benzene rings is 1. The molecule has 0 aliphatic heterocycles. The predicted molar refractivity (Wildman–Crippen MR) is 70.6 cm³/mol. The van der Waals surface area contributed by atoms with E-state index in [1.54, 1.807) is 18.2 Å². The molecular formula is C9H11Cl2NO2S2.